The van der Waals surface area contributed by atoms with E-state index in [-0.39, 0.29) is 53.6 Å². The number of carbonyl (C=O) groups excluding carboxylic acids is 3. The van der Waals surface area contributed by atoms with E-state index in [2.05, 4.69) is 35.5 Å². The number of para-hydroxylation sites is 2. The van der Waals surface area contributed by atoms with Gasteiger partial charge in [0, 0.05) is 62.6 Å². The number of nitrogen functional groups attached to an aromatic ring is 1. The van der Waals surface area contributed by atoms with Crippen LogP contribution in [-0.2, 0) is 14.4 Å². The molecule has 3 atom stereocenters. The van der Waals surface area contributed by atoms with Crippen molar-refractivity contribution in [3.63, 3.8) is 0 Å². The van der Waals surface area contributed by atoms with Crippen molar-refractivity contribution in [2.24, 2.45) is 0 Å². The number of phenols is 2. The minimum atomic E-state index is -0.568. The molecule has 2 bridgehead atoms. The molecule has 5 aliphatic rings. The maximum atomic E-state index is 13.4. The first-order chi connectivity index (χ1) is 28.7. The molecule has 2 aromatic heterocycles. The summed E-state index contributed by atoms with van der Waals surface area (Å²) >= 11 is 0. The molecule has 0 radical (unpaired) electrons. The van der Waals surface area contributed by atoms with Crippen molar-refractivity contribution in [2.75, 3.05) is 66.7 Å². The molecule has 2 aromatic carbocycles. The number of piperidine rings is 3. The highest BCUT2D eigenvalue weighted by molar-refractivity contribution is 6.01. The predicted molar refractivity (Wildman–Crippen MR) is 222 cm³/mol. The lowest BCUT2D eigenvalue weighted by Gasteiger charge is -2.42. The Bertz CT molecular complexity index is 2190. The molecule has 0 unspecified atom stereocenters. The molecule has 5 fully saturated rings. The van der Waals surface area contributed by atoms with Crippen LogP contribution in [-0.4, -0.2) is 122 Å². The van der Waals surface area contributed by atoms with E-state index < -0.39 is 6.04 Å². The summed E-state index contributed by atoms with van der Waals surface area (Å²) in [5.74, 6) is 1.36. The second kappa shape index (κ2) is 16.3. The number of nitrogens with one attached hydrogen (secondary N) is 2. The van der Waals surface area contributed by atoms with Crippen LogP contribution in [0.3, 0.4) is 0 Å². The second-order valence-electron chi connectivity index (χ2n) is 16.6. The number of imide groups is 1. The van der Waals surface area contributed by atoms with E-state index in [1.807, 2.05) is 47.6 Å². The van der Waals surface area contributed by atoms with Crippen LogP contribution in [0.25, 0.3) is 11.3 Å². The van der Waals surface area contributed by atoms with Gasteiger partial charge in [-0.3, -0.25) is 24.6 Å². The summed E-state index contributed by atoms with van der Waals surface area (Å²) in [7, 11) is 0. The van der Waals surface area contributed by atoms with Gasteiger partial charge in [0.05, 0.1) is 23.6 Å². The first-order valence-electron chi connectivity index (χ1n) is 20.9. The SMILES string of the molecule is Nc1nnc(-c2ccccc2O)cc1N1C[C@H]2CC[C@@H](C1)N2c1ncc(C2CCN(C(=O)CN3CCC(c4cccc(N[C@H]5CCC(=O)NC5=O)c4O)CC3)CC2)cn1. The van der Waals surface area contributed by atoms with Gasteiger partial charge in [-0.25, -0.2) is 9.97 Å². The molecule has 6 N–H and O–H groups in total. The van der Waals surface area contributed by atoms with Crippen molar-refractivity contribution in [1.29, 1.82) is 0 Å². The number of rotatable bonds is 9. The number of benzene rings is 2. The molecule has 59 heavy (non-hydrogen) atoms. The Balaban J connectivity index is 0.746. The third-order valence-electron chi connectivity index (χ3n) is 13.0. The van der Waals surface area contributed by atoms with Crippen LogP contribution in [0.15, 0.2) is 60.9 Å². The third kappa shape index (κ3) is 7.92. The average molecular weight is 802 g/mol. The summed E-state index contributed by atoms with van der Waals surface area (Å²) in [5.41, 5.74) is 10.8. The van der Waals surface area contributed by atoms with Gasteiger partial charge in [-0.05, 0) is 105 Å². The van der Waals surface area contributed by atoms with Crippen molar-refractivity contribution < 1.29 is 24.6 Å². The van der Waals surface area contributed by atoms with Gasteiger partial charge < -0.3 is 36.0 Å². The highest BCUT2D eigenvalue weighted by Gasteiger charge is 2.42. The number of nitrogens with two attached hydrogens (primary N) is 1. The fourth-order valence-corrected chi connectivity index (χ4v) is 9.75. The summed E-state index contributed by atoms with van der Waals surface area (Å²) < 4.78 is 0. The van der Waals surface area contributed by atoms with Crippen LogP contribution in [0.4, 0.5) is 23.1 Å². The summed E-state index contributed by atoms with van der Waals surface area (Å²) in [4.78, 5) is 55.8. The van der Waals surface area contributed by atoms with E-state index in [0.29, 0.717) is 54.7 Å². The molecule has 7 heterocycles. The lowest BCUT2D eigenvalue weighted by atomic mass is 9.88. The Kier molecular flexibility index (Phi) is 10.6. The largest absolute Gasteiger partial charge is 0.507 e. The Morgan fingerprint density at radius 1 is 0.847 bits per heavy atom. The standard InChI is InChI=1S/C43H51N11O5/c44-41-36(20-35(49-50-41)32-4-1-2-7-37(32)55)53-23-29-8-9-30(24-53)54(29)43-45-21-28(22-46-43)26-14-18-52(19-15-26)39(57)25-51-16-12-27(13-17-51)31-5-3-6-33(40(31)58)47-34-10-11-38(56)48-42(34)59/h1-7,20-22,26-27,29-30,34,47,55,58H,8-19,23-25H2,(H2,44,50)(H,48,56,59)/t29-,30+,34-/m0/s1. The number of hydrogen-bond donors (Lipinski definition) is 5. The Morgan fingerprint density at radius 2 is 1.56 bits per heavy atom. The van der Waals surface area contributed by atoms with E-state index >= 15 is 0 Å². The van der Waals surface area contributed by atoms with Crippen LogP contribution in [0, 0.1) is 0 Å². The zero-order valence-corrected chi connectivity index (χ0v) is 33.0. The van der Waals surface area contributed by atoms with E-state index in [4.69, 9.17) is 15.7 Å². The zero-order chi connectivity index (χ0) is 40.6. The number of hydrogen-bond acceptors (Lipinski definition) is 14. The van der Waals surface area contributed by atoms with Gasteiger partial charge in [0.25, 0.3) is 0 Å². The highest BCUT2D eigenvalue weighted by Crippen LogP contribution is 2.40. The van der Waals surface area contributed by atoms with Gasteiger partial charge in [0.2, 0.25) is 23.7 Å². The molecular weight excluding hydrogens is 751 g/mol. The minimum absolute atomic E-state index is 0.142. The van der Waals surface area contributed by atoms with E-state index in [9.17, 15) is 24.6 Å². The second-order valence-corrected chi connectivity index (χ2v) is 16.6. The van der Waals surface area contributed by atoms with Gasteiger partial charge in [-0.2, -0.15) is 0 Å². The Labute approximate surface area is 342 Å². The number of likely N-dealkylation sites (tertiary alicyclic amines) is 2. The lowest BCUT2D eigenvalue weighted by molar-refractivity contribution is -0.134. The van der Waals surface area contributed by atoms with E-state index in [1.54, 1.807) is 18.2 Å². The molecule has 308 valence electrons. The highest BCUT2D eigenvalue weighted by atomic mass is 16.3. The van der Waals surface area contributed by atoms with Crippen molar-refractivity contribution in [2.45, 2.75) is 81.3 Å². The van der Waals surface area contributed by atoms with Crippen molar-refractivity contribution >= 4 is 40.9 Å². The fourth-order valence-electron chi connectivity index (χ4n) is 9.75. The van der Waals surface area contributed by atoms with Crippen LogP contribution in [0.2, 0.25) is 0 Å². The molecule has 4 aromatic rings. The Hall–Kier alpha value is -6.03. The molecule has 5 saturated heterocycles. The van der Waals surface area contributed by atoms with Crippen molar-refractivity contribution in [3.05, 3.63) is 72.1 Å². The predicted octanol–water partition coefficient (Wildman–Crippen LogP) is 3.59. The van der Waals surface area contributed by atoms with Crippen molar-refractivity contribution in [1.82, 2.24) is 35.3 Å². The van der Waals surface area contributed by atoms with Crippen LogP contribution < -0.4 is 26.2 Å². The minimum Gasteiger partial charge on any atom is -0.507 e. The maximum absolute atomic E-state index is 13.4. The van der Waals surface area contributed by atoms with Crippen LogP contribution in [0.1, 0.15) is 74.3 Å². The van der Waals surface area contributed by atoms with E-state index in [1.165, 1.54) is 0 Å². The summed E-state index contributed by atoms with van der Waals surface area (Å²) in [6.45, 7) is 4.81. The number of aromatic hydroxyl groups is 2. The molecule has 16 nitrogen and oxygen atoms in total. The number of aromatic nitrogens is 4. The van der Waals surface area contributed by atoms with E-state index in [0.717, 1.165) is 87.5 Å². The molecule has 9 rings (SSSR count). The van der Waals surface area contributed by atoms with Crippen molar-refractivity contribution in [3.8, 4) is 22.8 Å². The molecule has 0 saturated carbocycles. The molecular formula is C43H51N11O5. The van der Waals surface area contributed by atoms with Gasteiger partial charge in [-0.15, -0.1) is 10.2 Å². The average Bonchev–Trinajstić information content (AvgIpc) is 3.51. The van der Waals surface area contributed by atoms with Crippen LogP contribution >= 0.6 is 0 Å². The maximum Gasteiger partial charge on any atom is 0.249 e. The normalized spacial score (nSPS) is 23.1. The molecule has 16 heteroatoms. The quantitative estimate of drug-likeness (QED) is 0.121. The molecule has 0 aliphatic carbocycles. The third-order valence-corrected chi connectivity index (χ3v) is 13.0. The summed E-state index contributed by atoms with van der Waals surface area (Å²) in [5, 5.41) is 35.5. The number of phenolic OH excluding ortho intramolecular Hbond substituents is 2. The zero-order valence-electron chi connectivity index (χ0n) is 33.0. The number of piperazine rings is 1. The van der Waals surface area contributed by atoms with Gasteiger partial charge in [-0.1, -0.05) is 24.3 Å². The molecule has 3 amide bonds. The smallest absolute Gasteiger partial charge is 0.249 e. The molecule has 0 spiro atoms. The molecule has 5 aliphatic heterocycles. The number of nitrogens with zero attached hydrogens (tertiary/aromatic N) is 8. The van der Waals surface area contributed by atoms with Gasteiger partial charge >= 0.3 is 0 Å². The Morgan fingerprint density at radius 3 is 2.27 bits per heavy atom. The topological polar surface area (TPSA) is 206 Å². The monoisotopic (exact) mass is 801 g/mol. The number of carbonyl (C=O) groups is 3. The van der Waals surface area contributed by atoms with Crippen LogP contribution in [0.5, 0.6) is 11.5 Å². The number of anilines is 4. The number of fused-ring (bicyclic) bond motifs is 2. The lowest BCUT2D eigenvalue weighted by Crippen LogP contribution is -2.54. The van der Waals surface area contributed by atoms with Gasteiger partial charge in [0.15, 0.2) is 5.82 Å². The first kappa shape index (κ1) is 38.5. The summed E-state index contributed by atoms with van der Waals surface area (Å²) in [6, 6.07) is 14.5. The number of amides is 3. The summed E-state index contributed by atoms with van der Waals surface area (Å²) in [6.07, 6.45) is 10.0. The van der Waals surface area contributed by atoms with Gasteiger partial charge in [0.1, 0.15) is 17.5 Å². The fraction of sp³-hybridized carbons (Fsp3) is 0.465. The first-order valence-corrected chi connectivity index (χ1v) is 20.9.